The highest BCUT2D eigenvalue weighted by atomic mass is 16.5. The van der Waals surface area contributed by atoms with Gasteiger partial charge < -0.3 is 14.4 Å². The number of pyridine rings is 1. The van der Waals surface area contributed by atoms with Crippen molar-refractivity contribution >= 4 is 34.4 Å². The van der Waals surface area contributed by atoms with Crippen molar-refractivity contribution in [3.63, 3.8) is 0 Å². The Balaban J connectivity index is 1.76. The molecule has 0 fully saturated rings. The number of anilines is 1. The number of carbonyl (C=O) groups excluding carboxylic acids is 3. The lowest BCUT2D eigenvalue weighted by Gasteiger charge is -2.37. The summed E-state index contributed by atoms with van der Waals surface area (Å²) < 4.78 is 13.0. The predicted molar refractivity (Wildman–Crippen MR) is 176 cm³/mol. The molecule has 0 aliphatic heterocycles. The highest BCUT2D eigenvalue weighted by Gasteiger charge is 2.53. The van der Waals surface area contributed by atoms with Crippen LogP contribution >= 0.6 is 0 Å². The quantitative estimate of drug-likeness (QED) is 0.149. The lowest BCUT2D eigenvalue weighted by Crippen LogP contribution is -2.43. The molecule has 3 atom stereocenters. The number of para-hydroxylation sites is 1. The normalized spacial score (nSPS) is 17.4. The minimum atomic E-state index is -1.30. The second kappa shape index (κ2) is 12.6. The van der Waals surface area contributed by atoms with Gasteiger partial charge in [0.2, 0.25) is 0 Å². The first-order valence-electron chi connectivity index (χ1n) is 15.5. The van der Waals surface area contributed by atoms with Gasteiger partial charge in [-0.15, -0.1) is 0 Å². The smallest absolute Gasteiger partial charge is 0.317 e. The molecule has 0 spiro atoms. The zero-order chi connectivity index (χ0) is 32.5. The monoisotopic (exact) mass is 616 g/mol. The maximum atomic E-state index is 14.9. The molecular weight excluding hydrogens is 580 g/mol. The highest BCUT2D eigenvalue weighted by molar-refractivity contribution is 6.18. The summed E-state index contributed by atoms with van der Waals surface area (Å²) in [7, 11) is 3.90. The number of nitrogens with zero attached hydrogens (tertiary/aromatic N) is 4. The van der Waals surface area contributed by atoms with E-state index in [2.05, 4.69) is 0 Å². The Bertz CT molecular complexity index is 1920. The minimum Gasteiger partial charge on any atom is -0.466 e. The van der Waals surface area contributed by atoms with Gasteiger partial charge >= 0.3 is 11.9 Å². The molecule has 2 heterocycles. The number of benzene rings is 3. The molecule has 0 saturated carbocycles. The Morgan fingerprint density at radius 3 is 2.00 bits per heavy atom. The van der Waals surface area contributed by atoms with Crippen molar-refractivity contribution < 1.29 is 23.9 Å². The van der Waals surface area contributed by atoms with Gasteiger partial charge in [-0.3, -0.25) is 14.4 Å². The van der Waals surface area contributed by atoms with Crippen LogP contribution in [-0.4, -0.2) is 59.8 Å². The Hall–Kier alpha value is -5.31. The fraction of sp³-hybridized carbons (Fsp3) is 0.270. The van der Waals surface area contributed by atoms with Crippen molar-refractivity contribution in [2.75, 3.05) is 32.2 Å². The second-order valence-electron chi connectivity index (χ2n) is 11.5. The number of fused-ring (bicyclic) bond motifs is 3. The lowest BCUT2D eigenvalue weighted by atomic mass is 9.64. The van der Waals surface area contributed by atoms with E-state index in [1.54, 1.807) is 18.5 Å². The van der Waals surface area contributed by atoms with E-state index in [0.717, 1.165) is 11.4 Å². The fourth-order valence-electron chi connectivity index (χ4n) is 6.52. The van der Waals surface area contributed by atoms with Gasteiger partial charge in [0.05, 0.1) is 36.2 Å². The molecule has 0 amide bonds. The molecule has 6 rings (SSSR count). The van der Waals surface area contributed by atoms with Crippen LogP contribution in [0.3, 0.4) is 0 Å². The van der Waals surface area contributed by atoms with Crippen LogP contribution in [0.5, 0.6) is 0 Å². The standard InChI is InChI=1S/C37H36N4O5/c1-6-45-36(43)30-28(23-14-10-8-11-15-23)32(37(44)46-7-2)34(42)31-29(30)27-22(3)39-41(26-16-12-9-13-17-26)35(27)38-33(31)24-18-20-25(21-19-24)40(4)5/h8-21,28,30,32H,6-7H2,1-5H3/t28-,30-,32-/m0/s1. The van der Waals surface area contributed by atoms with Crippen molar-refractivity contribution in [3.8, 4) is 16.9 Å². The summed E-state index contributed by atoms with van der Waals surface area (Å²) in [6, 6.07) is 26.5. The molecule has 5 aromatic rings. The zero-order valence-corrected chi connectivity index (χ0v) is 26.6. The van der Waals surface area contributed by atoms with Crippen LogP contribution in [0, 0.1) is 12.8 Å². The van der Waals surface area contributed by atoms with Crippen molar-refractivity contribution in [1.29, 1.82) is 0 Å². The van der Waals surface area contributed by atoms with Crippen LogP contribution in [0.1, 0.15) is 52.9 Å². The first-order valence-corrected chi connectivity index (χ1v) is 15.5. The number of Topliss-reactive ketones (excluding diaryl/α,β-unsaturated/α-hetero) is 1. The average Bonchev–Trinajstić information content (AvgIpc) is 3.41. The fourth-order valence-corrected chi connectivity index (χ4v) is 6.52. The molecule has 234 valence electrons. The topological polar surface area (TPSA) is 104 Å². The van der Waals surface area contributed by atoms with Crippen molar-refractivity contribution in [1.82, 2.24) is 14.8 Å². The summed E-state index contributed by atoms with van der Waals surface area (Å²) in [5.74, 6) is -4.88. The van der Waals surface area contributed by atoms with E-state index < -0.39 is 35.5 Å². The maximum Gasteiger partial charge on any atom is 0.317 e. The van der Waals surface area contributed by atoms with E-state index in [0.29, 0.717) is 39.1 Å². The molecule has 9 nitrogen and oxygen atoms in total. The van der Waals surface area contributed by atoms with Crippen molar-refractivity contribution in [2.45, 2.75) is 32.6 Å². The number of rotatable bonds is 8. The highest BCUT2D eigenvalue weighted by Crippen LogP contribution is 2.51. The largest absolute Gasteiger partial charge is 0.466 e. The number of carbonyl (C=O) groups is 3. The Labute approximate surface area is 267 Å². The molecule has 1 aliphatic rings. The third kappa shape index (κ3) is 5.21. The van der Waals surface area contributed by atoms with E-state index in [4.69, 9.17) is 19.6 Å². The van der Waals surface area contributed by atoms with E-state index >= 15 is 0 Å². The third-order valence-electron chi connectivity index (χ3n) is 8.51. The molecule has 0 bridgehead atoms. The van der Waals surface area contributed by atoms with Crippen LogP contribution in [0.25, 0.3) is 28.0 Å². The summed E-state index contributed by atoms with van der Waals surface area (Å²) in [5, 5.41) is 5.46. The van der Waals surface area contributed by atoms with Crippen LogP contribution < -0.4 is 4.90 Å². The second-order valence-corrected chi connectivity index (χ2v) is 11.5. The lowest BCUT2D eigenvalue weighted by molar-refractivity contribution is -0.150. The summed E-state index contributed by atoms with van der Waals surface area (Å²) in [4.78, 5) is 50.0. The summed E-state index contributed by atoms with van der Waals surface area (Å²) in [5.41, 5.74) is 5.21. The van der Waals surface area contributed by atoms with Gasteiger partial charge in [0.25, 0.3) is 0 Å². The van der Waals surface area contributed by atoms with E-state index in [1.165, 1.54) is 0 Å². The number of ketones is 1. The summed E-state index contributed by atoms with van der Waals surface area (Å²) >= 11 is 0. The number of esters is 2. The van der Waals surface area contributed by atoms with Gasteiger partial charge in [0.15, 0.2) is 11.4 Å². The molecule has 0 N–H and O–H groups in total. The molecule has 46 heavy (non-hydrogen) atoms. The molecule has 3 aromatic carbocycles. The van der Waals surface area contributed by atoms with Crippen molar-refractivity contribution in [2.24, 2.45) is 5.92 Å². The Morgan fingerprint density at radius 2 is 1.41 bits per heavy atom. The van der Waals surface area contributed by atoms with Gasteiger partial charge in [0, 0.05) is 42.2 Å². The number of aryl methyl sites for hydroxylation is 1. The molecule has 9 heteroatoms. The van der Waals surface area contributed by atoms with Crippen LogP contribution in [0.4, 0.5) is 5.69 Å². The summed E-state index contributed by atoms with van der Waals surface area (Å²) in [6.07, 6.45) is 0. The number of hydrogen-bond acceptors (Lipinski definition) is 8. The molecular formula is C37H36N4O5. The van der Waals surface area contributed by atoms with E-state index in [1.807, 2.05) is 111 Å². The Morgan fingerprint density at radius 1 is 0.826 bits per heavy atom. The molecule has 1 aliphatic carbocycles. The molecule has 0 radical (unpaired) electrons. The average molecular weight is 617 g/mol. The minimum absolute atomic E-state index is 0.0835. The first kappa shape index (κ1) is 30.7. The zero-order valence-electron chi connectivity index (χ0n) is 26.6. The molecule has 0 saturated heterocycles. The van der Waals surface area contributed by atoms with Gasteiger partial charge in [0.1, 0.15) is 5.92 Å². The van der Waals surface area contributed by atoms with Crippen LogP contribution in [0.15, 0.2) is 84.9 Å². The Kier molecular flexibility index (Phi) is 8.41. The molecule has 0 unspecified atom stereocenters. The van der Waals surface area contributed by atoms with E-state index in [9.17, 15) is 14.4 Å². The van der Waals surface area contributed by atoms with Crippen molar-refractivity contribution in [3.05, 3.63) is 107 Å². The number of hydrogen-bond donors (Lipinski definition) is 0. The molecule has 2 aromatic heterocycles. The van der Waals surface area contributed by atoms with Gasteiger partial charge in [-0.25, -0.2) is 9.67 Å². The predicted octanol–water partition coefficient (Wildman–Crippen LogP) is 6.27. The third-order valence-corrected chi connectivity index (χ3v) is 8.51. The van der Waals surface area contributed by atoms with E-state index in [-0.39, 0.29) is 18.8 Å². The number of ether oxygens (including phenoxy) is 2. The number of aromatic nitrogens is 3. The van der Waals surface area contributed by atoms with Crippen LogP contribution in [0.2, 0.25) is 0 Å². The van der Waals surface area contributed by atoms with Gasteiger partial charge in [-0.05, 0) is 56.2 Å². The SMILES string of the molecule is CCOC(=O)[C@@H]1C(=O)c2c(-c3ccc(N(C)C)cc3)nc3c(c(C)nn3-c3ccccc3)c2[C@@H](C(=O)OCC)[C@@H]1c1ccccc1. The van der Waals surface area contributed by atoms with Gasteiger partial charge in [-0.1, -0.05) is 60.7 Å². The first-order chi connectivity index (χ1) is 22.3. The van der Waals surface area contributed by atoms with Crippen LogP contribution in [-0.2, 0) is 19.1 Å². The van der Waals surface area contributed by atoms with Gasteiger partial charge in [-0.2, -0.15) is 5.10 Å². The summed E-state index contributed by atoms with van der Waals surface area (Å²) in [6.45, 7) is 5.49. The maximum absolute atomic E-state index is 14.9.